The average molecular weight is 240 g/mol. The molecule has 0 bridgehead atoms. The Morgan fingerprint density at radius 1 is 1.44 bits per heavy atom. The molecule has 0 saturated heterocycles. The first-order valence-electron chi connectivity index (χ1n) is 5.85. The summed E-state index contributed by atoms with van der Waals surface area (Å²) < 4.78 is 0. The molecular formula is C12H18ClN3. The second-order valence-electron chi connectivity index (χ2n) is 4.59. The minimum absolute atomic E-state index is 0.438. The van der Waals surface area contributed by atoms with Crippen LogP contribution < -0.4 is 11.1 Å². The molecule has 4 heteroatoms. The molecule has 1 saturated carbocycles. The normalized spacial score (nSPS) is 18.6. The highest BCUT2D eigenvalue weighted by molar-refractivity contribution is 6.29. The SMILES string of the molecule is CC(Nc1cc(N)cc(Cl)n1)C1CCCC1. The van der Waals surface area contributed by atoms with E-state index in [1.54, 1.807) is 6.07 Å². The van der Waals surface area contributed by atoms with Crippen molar-refractivity contribution in [2.75, 3.05) is 11.1 Å². The number of rotatable bonds is 3. The fourth-order valence-corrected chi connectivity index (χ4v) is 2.62. The smallest absolute Gasteiger partial charge is 0.133 e. The standard InChI is InChI=1S/C12H18ClN3/c1-8(9-4-2-3-5-9)15-12-7-10(14)6-11(13)16-12/h6-9H,2-5H2,1H3,(H3,14,15,16). The molecule has 3 N–H and O–H groups in total. The van der Waals surface area contributed by atoms with Crippen LogP contribution in [0, 0.1) is 5.92 Å². The molecule has 3 nitrogen and oxygen atoms in total. The monoisotopic (exact) mass is 239 g/mol. The van der Waals surface area contributed by atoms with Crippen molar-refractivity contribution in [3.05, 3.63) is 17.3 Å². The van der Waals surface area contributed by atoms with Gasteiger partial charge in [-0.2, -0.15) is 0 Å². The first-order valence-corrected chi connectivity index (χ1v) is 6.22. The number of pyridine rings is 1. The molecule has 2 rings (SSSR count). The summed E-state index contributed by atoms with van der Waals surface area (Å²) in [5.41, 5.74) is 6.38. The van der Waals surface area contributed by atoms with E-state index in [2.05, 4.69) is 17.2 Å². The van der Waals surface area contributed by atoms with Gasteiger partial charge in [0.2, 0.25) is 0 Å². The van der Waals surface area contributed by atoms with Gasteiger partial charge in [-0.15, -0.1) is 0 Å². The van der Waals surface area contributed by atoms with Crippen LogP contribution in [0.5, 0.6) is 0 Å². The van der Waals surface area contributed by atoms with E-state index in [1.807, 2.05) is 6.07 Å². The van der Waals surface area contributed by atoms with Gasteiger partial charge in [0, 0.05) is 17.8 Å². The third kappa shape index (κ3) is 2.79. The zero-order valence-electron chi connectivity index (χ0n) is 9.54. The van der Waals surface area contributed by atoms with Gasteiger partial charge >= 0.3 is 0 Å². The number of nitrogens with two attached hydrogens (primary N) is 1. The molecule has 1 fully saturated rings. The molecule has 1 aliphatic rings. The largest absolute Gasteiger partial charge is 0.399 e. The van der Waals surface area contributed by atoms with Crippen LogP contribution in [0.25, 0.3) is 0 Å². The van der Waals surface area contributed by atoms with Crippen molar-refractivity contribution in [3.63, 3.8) is 0 Å². The topological polar surface area (TPSA) is 50.9 Å². The van der Waals surface area contributed by atoms with Crippen LogP contribution in [0.4, 0.5) is 11.5 Å². The maximum Gasteiger partial charge on any atom is 0.133 e. The van der Waals surface area contributed by atoms with Gasteiger partial charge in [-0.25, -0.2) is 4.98 Å². The van der Waals surface area contributed by atoms with Crippen molar-refractivity contribution in [3.8, 4) is 0 Å². The molecule has 1 atom stereocenters. The predicted octanol–water partition coefficient (Wildman–Crippen LogP) is 3.31. The van der Waals surface area contributed by atoms with Gasteiger partial charge in [0.15, 0.2) is 0 Å². The zero-order valence-corrected chi connectivity index (χ0v) is 10.3. The molecular weight excluding hydrogens is 222 g/mol. The maximum atomic E-state index is 5.86. The van der Waals surface area contributed by atoms with E-state index in [4.69, 9.17) is 17.3 Å². The van der Waals surface area contributed by atoms with Crippen LogP contribution in [-0.2, 0) is 0 Å². The molecule has 1 aliphatic carbocycles. The Hall–Kier alpha value is -0.960. The predicted molar refractivity (Wildman–Crippen MR) is 68.7 cm³/mol. The summed E-state index contributed by atoms with van der Waals surface area (Å²) in [6.45, 7) is 2.20. The van der Waals surface area contributed by atoms with E-state index >= 15 is 0 Å². The first kappa shape index (κ1) is 11.5. The molecule has 0 radical (unpaired) electrons. The Kier molecular flexibility index (Phi) is 3.54. The Morgan fingerprint density at radius 2 is 2.12 bits per heavy atom. The lowest BCUT2D eigenvalue weighted by Crippen LogP contribution is -2.24. The van der Waals surface area contributed by atoms with Gasteiger partial charge in [-0.1, -0.05) is 24.4 Å². The van der Waals surface area contributed by atoms with Crippen LogP contribution in [-0.4, -0.2) is 11.0 Å². The summed E-state index contributed by atoms with van der Waals surface area (Å²) in [5, 5.41) is 3.84. The van der Waals surface area contributed by atoms with E-state index in [-0.39, 0.29) is 0 Å². The van der Waals surface area contributed by atoms with Crippen LogP contribution in [0.2, 0.25) is 5.15 Å². The summed E-state index contributed by atoms with van der Waals surface area (Å²) >= 11 is 5.86. The molecule has 0 aromatic carbocycles. The number of hydrogen-bond acceptors (Lipinski definition) is 3. The van der Waals surface area contributed by atoms with Gasteiger partial charge in [0.05, 0.1) is 0 Å². The third-order valence-electron chi connectivity index (χ3n) is 3.30. The van der Waals surface area contributed by atoms with E-state index < -0.39 is 0 Å². The number of nitrogens with one attached hydrogen (secondary N) is 1. The molecule has 1 heterocycles. The van der Waals surface area contributed by atoms with Crippen molar-refractivity contribution in [1.82, 2.24) is 4.98 Å². The molecule has 1 unspecified atom stereocenters. The fraction of sp³-hybridized carbons (Fsp3) is 0.583. The van der Waals surface area contributed by atoms with Gasteiger partial charge in [-0.05, 0) is 31.7 Å². The van der Waals surface area contributed by atoms with E-state index in [0.717, 1.165) is 11.7 Å². The molecule has 1 aromatic heterocycles. The van der Waals surface area contributed by atoms with Crippen molar-refractivity contribution in [2.45, 2.75) is 38.6 Å². The van der Waals surface area contributed by atoms with E-state index in [0.29, 0.717) is 16.9 Å². The number of nitrogen functional groups attached to an aromatic ring is 1. The number of halogens is 1. The highest BCUT2D eigenvalue weighted by Gasteiger charge is 2.21. The summed E-state index contributed by atoms with van der Waals surface area (Å²) in [4.78, 5) is 4.22. The lowest BCUT2D eigenvalue weighted by molar-refractivity contribution is 0.481. The van der Waals surface area contributed by atoms with Gasteiger partial charge in [-0.3, -0.25) is 0 Å². The van der Waals surface area contributed by atoms with Crippen LogP contribution in [0.1, 0.15) is 32.6 Å². The minimum Gasteiger partial charge on any atom is -0.399 e. The Bertz CT molecular complexity index is 341. The van der Waals surface area contributed by atoms with Crippen LogP contribution >= 0.6 is 11.6 Å². The quantitative estimate of drug-likeness (QED) is 0.796. The maximum absolute atomic E-state index is 5.86. The van der Waals surface area contributed by atoms with Gasteiger partial charge in [0.1, 0.15) is 11.0 Å². The Labute approximate surface area is 101 Å². The summed E-state index contributed by atoms with van der Waals surface area (Å²) in [6.07, 6.45) is 5.32. The van der Waals surface area contributed by atoms with Crippen LogP contribution in [0.3, 0.4) is 0 Å². The third-order valence-corrected chi connectivity index (χ3v) is 3.49. The number of aromatic nitrogens is 1. The number of nitrogens with zero attached hydrogens (tertiary/aromatic N) is 1. The lowest BCUT2D eigenvalue weighted by Gasteiger charge is -2.21. The van der Waals surface area contributed by atoms with E-state index in [9.17, 15) is 0 Å². The van der Waals surface area contributed by atoms with Gasteiger partial charge < -0.3 is 11.1 Å². The molecule has 0 spiro atoms. The first-order chi connectivity index (χ1) is 7.65. The van der Waals surface area contributed by atoms with Crippen molar-refractivity contribution >= 4 is 23.1 Å². The molecule has 16 heavy (non-hydrogen) atoms. The van der Waals surface area contributed by atoms with Crippen molar-refractivity contribution in [1.29, 1.82) is 0 Å². The number of hydrogen-bond donors (Lipinski definition) is 2. The zero-order chi connectivity index (χ0) is 11.5. The minimum atomic E-state index is 0.438. The molecule has 0 amide bonds. The van der Waals surface area contributed by atoms with Crippen LogP contribution in [0.15, 0.2) is 12.1 Å². The second kappa shape index (κ2) is 4.91. The number of anilines is 2. The highest BCUT2D eigenvalue weighted by Crippen LogP contribution is 2.29. The van der Waals surface area contributed by atoms with Crippen molar-refractivity contribution in [2.24, 2.45) is 5.92 Å². The van der Waals surface area contributed by atoms with Crippen molar-refractivity contribution < 1.29 is 0 Å². The Balaban J connectivity index is 2.02. The highest BCUT2D eigenvalue weighted by atomic mass is 35.5. The summed E-state index contributed by atoms with van der Waals surface area (Å²) in [5.74, 6) is 1.53. The molecule has 88 valence electrons. The molecule has 1 aromatic rings. The van der Waals surface area contributed by atoms with Gasteiger partial charge in [0.25, 0.3) is 0 Å². The summed E-state index contributed by atoms with van der Waals surface area (Å²) in [7, 11) is 0. The lowest BCUT2D eigenvalue weighted by atomic mass is 10.00. The van der Waals surface area contributed by atoms with E-state index in [1.165, 1.54) is 25.7 Å². The molecule has 0 aliphatic heterocycles. The average Bonchev–Trinajstić information content (AvgIpc) is 2.68. The second-order valence-corrected chi connectivity index (χ2v) is 4.97. The fourth-order valence-electron chi connectivity index (χ4n) is 2.40. The Morgan fingerprint density at radius 3 is 2.75 bits per heavy atom. The summed E-state index contributed by atoms with van der Waals surface area (Å²) in [6, 6.07) is 3.93.